The van der Waals surface area contributed by atoms with E-state index in [-0.39, 0.29) is 0 Å². The van der Waals surface area contributed by atoms with Gasteiger partial charge in [-0.2, -0.15) is 0 Å². The van der Waals surface area contributed by atoms with Crippen molar-refractivity contribution in [3.63, 3.8) is 0 Å². The van der Waals surface area contributed by atoms with Gasteiger partial charge in [0.25, 0.3) is 0 Å². The van der Waals surface area contributed by atoms with E-state index in [0.717, 1.165) is 25.9 Å². The monoisotopic (exact) mass is 293 g/mol. The molecule has 1 nitrogen and oxygen atoms in total. The first-order valence-corrected chi connectivity index (χ1v) is 6.67. The van der Waals surface area contributed by atoms with E-state index in [4.69, 9.17) is 0 Å². The average Bonchev–Trinajstić information content (AvgIpc) is 2.36. The molecule has 17 heavy (non-hydrogen) atoms. The molecule has 0 atom stereocenters. The molecule has 2 heteroatoms. The van der Waals surface area contributed by atoms with Crippen LogP contribution in [0.5, 0.6) is 0 Å². The molecule has 1 aromatic carbocycles. The molecule has 1 aromatic rings. The van der Waals surface area contributed by atoms with E-state index in [2.05, 4.69) is 57.9 Å². The van der Waals surface area contributed by atoms with Gasteiger partial charge in [-0.1, -0.05) is 0 Å². The minimum absolute atomic E-state index is 0.869. The molecule has 0 aliphatic rings. The Balaban J connectivity index is 2.62. The molecule has 90 valence electrons. The fourth-order valence-electron chi connectivity index (χ4n) is 1.60. The Morgan fingerprint density at radius 2 is 1.88 bits per heavy atom. The average molecular weight is 292 g/mol. The number of allylic oxidation sites excluding steroid dienone is 1. The second-order valence-electron chi connectivity index (χ2n) is 3.88. The van der Waals surface area contributed by atoms with Gasteiger partial charge in [-0.25, -0.2) is 0 Å². The number of rotatable bonds is 8. The van der Waals surface area contributed by atoms with Gasteiger partial charge in [0.2, 0.25) is 0 Å². The van der Waals surface area contributed by atoms with Crippen molar-refractivity contribution < 1.29 is 0 Å². The third-order valence-corrected chi connectivity index (χ3v) is 3.45. The first-order chi connectivity index (χ1) is 8.27. The summed E-state index contributed by atoms with van der Waals surface area (Å²) in [4.78, 5) is 2.31. The minimum atomic E-state index is 0.869. The van der Waals surface area contributed by atoms with Crippen LogP contribution in [0.15, 0.2) is 55.6 Å². The van der Waals surface area contributed by atoms with Gasteiger partial charge in [-0.3, -0.25) is 0 Å². The van der Waals surface area contributed by atoms with Gasteiger partial charge in [0.15, 0.2) is 0 Å². The fraction of sp³-hybridized carbons (Fsp3) is 0.267. The topological polar surface area (TPSA) is 3.24 Å². The predicted molar refractivity (Wildman–Crippen MR) is 77.2 cm³/mol. The summed E-state index contributed by atoms with van der Waals surface area (Å²) in [5.41, 5.74) is 1.32. The number of nitrogens with zero attached hydrogens (tertiary/aromatic N) is 1. The van der Waals surface area contributed by atoms with E-state index in [1.807, 2.05) is 18.2 Å². The molecule has 0 heterocycles. The standard InChI is InChI=1S/C15H19NSe/c1-3-5-11-15(17)16(12-4-2)13-14-9-7-6-8-10-14/h3-4,6-10H,1-2,5,11-13H2. The van der Waals surface area contributed by atoms with E-state index in [0.29, 0.717) is 0 Å². The zero-order chi connectivity index (χ0) is 12.5. The van der Waals surface area contributed by atoms with Gasteiger partial charge >= 0.3 is 112 Å². The van der Waals surface area contributed by atoms with Crippen LogP contribution in [0.3, 0.4) is 0 Å². The van der Waals surface area contributed by atoms with Gasteiger partial charge in [-0.05, 0) is 0 Å². The molecule has 0 aliphatic carbocycles. The van der Waals surface area contributed by atoms with Gasteiger partial charge < -0.3 is 0 Å². The van der Waals surface area contributed by atoms with Crippen LogP contribution in [0, 0.1) is 0 Å². The number of benzene rings is 1. The Morgan fingerprint density at radius 3 is 2.47 bits per heavy atom. The summed E-state index contributed by atoms with van der Waals surface area (Å²) in [6.07, 6.45) is 5.91. The molecule has 0 fully saturated rings. The molecule has 0 spiro atoms. The summed E-state index contributed by atoms with van der Waals surface area (Å²) in [6.45, 7) is 9.36. The second kappa shape index (κ2) is 8.05. The van der Waals surface area contributed by atoms with Crippen LogP contribution < -0.4 is 0 Å². The summed E-state index contributed by atoms with van der Waals surface area (Å²) in [5.74, 6) is 0. The van der Waals surface area contributed by atoms with Crippen molar-refractivity contribution in [1.29, 1.82) is 0 Å². The van der Waals surface area contributed by atoms with E-state index >= 15 is 0 Å². The van der Waals surface area contributed by atoms with Gasteiger partial charge in [0.05, 0.1) is 0 Å². The van der Waals surface area contributed by atoms with E-state index < -0.39 is 0 Å². The molecular weight excluding hydrogens is 273 g/mol. The Kier molecular flexibility index (Phi) is 6.61. The van der Waals surface area contributed by atoms with E-state index in [9.17, 15) is 0 Å². The zero-order valence-electron chi connectivity index (χ0n) is 10.1. The number of hydrogen-bond donors (Lipinski definition) is 0. The van der Waals surface area contributed by atoms with Crippen LogP contribution in [0.25, 0.3) is 0 Å². The molecule has 0 aromatic heterocycles. The fourth-order valence-corrected chi connectivity index (χ4v) is 2.14. The van der Waals surface area contributed by atoms with Crippen LogP contribution in [0.4, 0.5) is 0 Å². The molecule has 0 radical (unpaired) electrons. The predicted octanol–water partition coefficient (Wildman–Crippen LogP) is 2.94. The van der Waals surface area contributed by atoms with Gasteiger partial charge in [-0.15, -0.1) is 0 Å². The molecular formula is C15H19NSe. The van der Waals surface area contributed by atoms with Crippen LogP contribution >= 0.6 is 0 Å². The van der Waals surface area contributed by atoms with E-state index in [1.54, 1.807) is 0 Å². The van der Waals surface area contributed by atoms with Crippen molar-refractivity contribution in [2.45, 2.75) is 19.4 Å². The Hall–Kier alpha value is -1.11. The quantitative estimate of drug-likeness (QED) is 0.526. The molecule has 0 saturated heterocycles. The first-order valence-electron chi connectivity index (χ1n) is 5.81. The summed E-state index contributed by atoms with van der Waals surface area (Å²) in [6, 6.07) is 10.5. The number of hydrogen-bond acceptors (Lipinski definition) is 1. The maximum absolute atomic E-state index is 3.82. The summed E-state index contributed by atoms with van der Waals surface area (Å²) in [5, 5.41) is 0. The molecule has 0 bridgehead atoms. The first kappa shape index (κ1) is 14.0. The zero-order valence-corrected chi connectivity index (χ0v) is 11.9. The molecule has 0 N–H and O–H groups in total. The maximum atomic E-state index is 3.82. The van der Waals surface area contributed by atoms with Crippen molar-refractivity contribution in [2.75, 3.05) is 6.54 Å². The second-order valence-corrected chi connectivity index (χ2v) is 4.86. The Bertz CT molecular complexity index is 370. The van der Waals surface area contributed by atoms with Gasteiger partial charge in [0, 0.05) is 0 Å². The SMILES string of the molecule is C=CCCC(=[Se])N(CC=C)Cc1ccccc1. The van der Waals surface area contributed by atoms with Crippen molar-refractivity contribution in [3.8, 4) is 0 Å². The molecule has 1 rings (SSSR count). The van der Waals surface area contributed by atoms with Crippen LogP contribution in [0.2, 0.25) is 0 Å². The van der Waals surface area contributed by atoms with Crippen molar-refractivity contribution in [3.05, 3.63) is 61.2 Å². The third-order valence-electron chi connectivity index (χ3n) is 2.48. The normalized spacial score (nSPS) is 9.65. The van der Waals surface area contributed by atoms with E-state index in [1.165, 1.54) is 10.1 Å². The molecule has 0 unspecified atom stereocenters. The van der Waals surface area contributed by atoms with Gasteiger partial charge in [0.1, 0.15) is 0 Å². The van der Waals surface area contributed by atoms with Crippen LogP contribution in [-0.2, 0) is 6.54 Å². The molecule has 0 amide bonds. The van der Waals surface area contributed by atoms with Crippen LogP contribution in [-0.4, -0.2) is 31.6 Å². The summed E-state index contributed by atoms with van der Waals surface area (Å²) < 4.78 is 1.27. The van der Waals surface area contributed by atoms with Crippen molar-refractivity contribution in [1.82, 2.24) is 4.90 Å². The molecule has 0 saturated carbocycles. The molecule has 0 aliphatic heterocycles. The summed E-state index contributed by atoms with van der Waals surface area (Å²) in [7, 11) is 0. The third kappa shape index (κ3) is 5.16. The Morgan fingerprint density at radius 1 is 1.18 bits per heavy atom. The van der Waals surface area contributed by atoms with Crippen molar-refractivity contribution >= 4 is 20.1 Å². The van der Waals surface area contributed by atoms with Crippen LogP contribution in [0.1, 0.15) is 18.4 Å². The summed E-state index contributed by atoms with van der Waals surface area (Å²) >= 11 is 3.16. The Labute approximate surface area is 112 Å². The van der Waals surface area contributed by atoms with Crippen molar-refractivity contribution in [2.24, 2.45) is 0 Å².